The zero-order chi connectivity index (χ0) is 21.4. The lowest BCUT2D eigenvalue weighted by atomic mass is 10.1. The highest BCUT2D eigenvalue weighted by atomic mass is 35.5. The van der Waals surface area contributed by atoms with Gasteiger partial charge < -0.3 is 15.1 Å². The molecule has 29 heavy (non-hydrogen) atoms. The van der Waals surface area contributed by atoms with Crippen molar-refractivity contribution in [3.63, 3.8) is 0 Å². The summed E-state index contributed by atoms with van der Waals surface area (Å²) in [6.07, 6.45) is 0.733. The van der Waals surface area contributed by atoms with Gasteiger partial charge in [0.2, 0.25) is 0 Å². The summed E-state index contributed by atoms with van der Waals surface area (Å²) in [4.78, 5) is 16.4. The van der Waals surface area contributed by atoms with Gasteiger partial charge in [0, 0.05) is 42.3 Å². The van der Waals surface area contributed by atoms with Crippen LogP contribution in [0.2, 0.25) is 5.02 Å². The number of nitrogens with zero attached hydrogens (tertiary/aromatic N) is 3. The lowest BCUT2D eigenvalue weighted by molar-refractivity contribution is 0.191. The van der Waals surface area contributed by atoms with Crippen LogP contribution in [0, 0.1) is 0 Å². The number of urea groups is 1. The first-order valence-corrected chi connectivity index (χ1v) is 11.4. The van der Waals surface area contributed by atoms with Crippen LogP contribution in [0.1, 0.15) is 39.7 Å². The number of hydrogen-bond acceptors (Lipinski definition) is 4. The van der Waals surface area contributed by atoms with Crippen LogP contribution in [0.3, 0.4) is 0 Å². The van der Waals surface area contributed by atoms with Gasteiger partial charge in [0.1, 0.15) is 10.7 Å². The minimum Gasteiger partial charge on any atom is -0.354 e. The van der Waals surface area contributed by atoms with Crippen molar-refractivity contribution in [1.82, 2.24) is 15.1 Å². The number of carbonyl (C=O) groups is 1. The molecule has 2 aliphatic heterocycles. The van der Waals surface area contributed by atoms with Gasteiger partial charge >= 0.3 is 6.03 Å². The van der Waals surface area contributed by atoms with Crippen LogP contribution in [0.5, 0.6) is 0 Å². The molecule has 0 aromatic heterocycles. The Morgan fingerprint density at radius 1 is 1.17 bits per heavy atom. The summed E-state index contributed by atoms with van der Waals surface area (Å²) >= 11 is 6.05. The normalized spacial score (nSPS) is 19.8. The number of sulfonamides is 1. The molecular weight excluding hydrogens is 412 g/mol. The summed E-state index contributed by atoms with van der Waals surface area (Å²) in [6.45, 7) is 9.87. The van der Waals surface area contributed by atoms with E-state index in [1.54, 1.807) is 36.1 Å². The molecule has 2 aliphatic rings. The molecule has 0 bridgehead atoms. The smallest absolute Gasteiger partial charge is 0.317 e. The van der Waals surface area contributed by atoms with Crippen LogP contribution < -0.4 is 5.32 Å². The van der Waals surface area contributed by atoms with Crippen molar-refractivity contribution in [2.75, 3.05) is 26.2 Å². The maximum Gasteiger partial charge on any atom is 0.317 e. The van der Waals surface area contributed by atoms with Crippen molar-refractivity contribution in [2.24, 2.45) is 4.40 Å². The van der Waals surface area contributed by atoms with Crippen LogP contribution in [0.15, 0.2) is 34.2 Å². The highest BCUT2D eigenvalue weighted by Crippen LogP contribution is 2.34. The Bertz CT molecular complexity index is 980. The zero-order valence-electron chi connectivity index (χ0n) is 17.2. The van der Waals surface area contributed by atoms with Gasteiger partial charge in [0.25, 0.3) is 10.0 Å². The van der Waals surface area contributed by atoms with Gasteiger partial charge in [-0.1, -0.05) is 23.7 Å². The molecule has 7 nitrogen and oxygen atoms in total. The molecule has 0 unspecified atom stereocenters. The predicted octanol–water partition coefficient (Wildman–Crippen LogP) is 3.33. The SMILES string of the molecule is CC1=C(c2cccc(Cl)c2)S(=O)(=O)N=C1N1CCCN(C(=O)NC(C)(C)C)CC1. The van der Waals surface area contributed by atoms with E-state index in [0.29, 0.717) is 48.2 Å². The largest absolute Gasteiger partial charge is 0.354 e. The number of halogens is 1. The number of carbonyl (C=O) groups excluding carboxylic acids is 1. The van der Waals surface area contributed by atoms with E-state index in [2.05, 4.69) is 9.71 Å². The highest BCUT2D eigenvalue weighted by Gasteiger charge is 2.34. The molecule has 0 saturated carbocycles. The quantitative estimate of drug-likeness (QED) is 0.729. The lowest BCUT2D eigenvalue weighted by Crippen LogP contribution is -2.49. The van der Waals surface area contributed by atoms with Crippen molar-refractivity contribution in [2.45, 2.75) is 39.7 Å². The topological polar surface area (TPSA) is 82.1 Å². The Balaban J connectivity index is 1.81. The minimum atomic E-state index is -3.80. The molecule has 0 radical (unpaired) electrons. The van der Waals surface area contributed by atoms with Gasteiger partial charge in [-0.2, -0.15) is 8.42 Å². The van der Waals surface area contributed by atoms with Gasteiger partial charge in [0.05, 0.1) is 0 Å². The van der Waals surface area contributed by atoms with E-state index in [4.69, 9.17) is 11.6 Å². The van der Waals surface area contributed by atoms with E-state index in [9.17, 15) is 13.2 Å². The van der Waals surface area contributed by atoms with E-state index in [0.717, 1.165) is 6.42 Å². The van der Waals surface area contributed by atoms with Crippen molar-refractivity contribution in [1.29, 1.82) is 0 Å². The molecule has 1 aromatic carbocycles. The monoisotopic (exact) mass is 438 g/mol. The van der Waals surface area contributed by atoms with Crippen LogP contribution in [0.4, 0.5) is 4.79 Å². The number of amidine groups is 1. The molecule has 1 saturated heterocycles. The van der Waals surface area contributed by atoms with E-state index in [1.165, 1.54) is 0 Å². The van der Waals surface area contributed by atoms with Crippen LogP contribution in [-0.2, 0) is 10.0 Å². The molecule has 0 spiro atoms. The molecule has 0 atom stereocenters. The number of rotatable bonds is 1. The van der Waals surface area contributed by atoms with Crippen molar-refractivity contribution in [3.8, 4) is 0 Å². The average Bonchev–Trinajstić information content (AvgIpc) is 2.76. The van der Waals surface area contributed by atoms with Crippen LogP contribution >= 0.6 is 11.6 Å². The predicted molar refractivity (Wildman–Crippen MR) is 116 cm³/mol. The first-order chi connectivity index (χ1) is 13.5. The number of amides is 2. The average molecular weight is 439 g/mol. The first kappa shape index (κ1) is 21.6. The fourth-order valence-electron chi connectivity index (χ4n) is 3.55. The van der Waals surface area contributed by atoms with Crippen molar-refractivity contribution in [3.05, 3.63) is 40.4 Å². The van der Waals surface area contributed by atoms with E-state index >= 15 is 0 Å². The van der Waals surface area contributed by atoms with Gasteiger partial charge in [-0.3, -0.25) is 0 Å². The summed E-state index contributed by atoms with van der Waals surface area (Å²) in [5, 5.41) is 3.45. The molecule has 3 rings (SSSR count). The van der Waals surface area contributed by atoms with Crippen molar-refractivity contribution < 1.29 is 13.2 Å². The fourth-order valence-corrected chi connectivity index (χ4v) is 5.21. The number of nitrogens with one attached hydrogen (secondary N) is 1. The zero-order valence-corrected chi connectivity index (χ0v) is 18.8. The van der Waals surface area contributed by atoms with E-state index < -0.39 is 10.0 Å². The van der Waals surface area contributed by atoms with Crippen LogP contribution in [-0.4, -0.2) is 61.8 Å². The third-order valence-electron chi connectivity index (χ3n) is 4.79. The van der Waals surface area contributed by atoms with E-state index in [-0.39, 0.29) is 16.5 Å². The number of hydrogen-bond donors (Lipinski definition) is 1. The summed E-state index contributed by atoms with van der Waals surface area (Å²) in [6, 6.07) is 6.69. The second-order valence-electron chi connectivity index (χ2n) is 8.36. The molecule has 158 valence electrons. The van der Waals surface area contributed by atoms with Crippen LogP contribution in [0.25, 0.3) is 4.91 Å². The maximum absolute atomic E-state index is 12.8. The van der Waals surface area contributed by atoms with Gasteiger partial charge in [-0.25, -0.2) is 4.79 Å². The molecular formula is C20H27ClN4O3S. The van der Waals surface area contributed by atoms with Crippen molar-refractivity contribution >= 4 is 38.4 Å². The molecule has 9 heteroatoms. The van der Waals surface area contributed by atoms with E-state index in [1.807, 2.05) is 25.7 Å². The second-order valence-corrected chi connectivity index (χ2v) is 10.3. The Morgan fingerprint density at radius 3 is 2.55 bits per heavy atom. The summed E-state index contributed by atoms with van der Waals surface area (Å²) in [5.41, 5.74) is 0.840. The second kappa shape index (κ2) is 7.99. The molecule has 2 amide bonds. The molecule has 1 N–H and O–H groups in total. The summed E-state index contributed by atoms with van der Waals surface area (Å²) in [5.74, 6) is 0.457. The molecule has 1 fully saturated rings. The summed E-state index contributed by atoms with van der Waals surface area (Å²) in [7, 11) is -3.80. The maximum atomic E-state index is 12.8. The molecule has 1 aromatic rings. The first-order valence-electron chi connectivity index (χ1n) is 9.62. The Hall–Kier alpha value is -2.06. The lowest BCUT2D eigenvalue weighted by Gasteiger charge is -2.28. The Kier molecular flexibility index (Phi) is 5.96. The summed E-state index contributed by atoms with van der Waals surface area (Å²) < 4.78 is 29.6. The van der Waals surface area contributed by atoms with Gasteiger partial charge in [-0.15, -0.1) is 4.40 Å². The fraction of sp³-hybridized carbons (Fsp3) is 0.500. The third kappa shape index (κ3) is 4.93. The Labute approximate surface area is 177 Å². The van der Waals surface area contributed by atoms with Gasteiger partial charge in [0.15, 0.2) is 0 Å². The minimum absolute atomic E-state index is 0.104. The Morgan fingerprint density at radius 2 is 1.90 bits per heavy atom. The number of benzene rings is 1. The van der Waals surface area contributed by atoms with Gasteiger partial charge in [-0.05, 0) is 51.8 Å². The standard InChI is InChI=1S/C20H27ClN4O3S/c1-14-17(15-7-5-8-16(21)13-15)29(27,28)23-18(14)24-9-6-10-25(12-11-24)19(26)22-20(2,3)4/h5,7-8,13H,6,9-12H2,1-4H3,(H,22,26). The highest BCUT2D eigenvalue weighted by molar-refractivity contribution is 8.00. The third-order valence-corrected chi connectivity index (χ3v) is 6.50. The molecule has 2 heterocycles. The molecule has 0 aliphatic carbocycles.